The number of fused-ring (bicyclic) bond motifs is 5. The molecule has 0 radical (unpaired) electrons. The van der Waals surface area contributed by atoms with Gasteiger partial charge in [0, 0.05) is 17.9 Å². The number of carbonyl (C=O) groups is 1. The van der Waals surface area contributed by atoms with Crippen LogP contribution in [0.3, 0.4) is 0 Å². The summed E-state index contributed by atoms with van der Waals surface area (Å²) in [5.74, 6) is 0.409. The third-order valence-electron chi connectivity index (χ3n) is 10.1. The number of rotatable bonds is 1. The molecule has 4 saturated carbocycles. The first-order valence-electron chi connectivity index (χ1n) is 11.1. The molecule has 0 saturated heterocycles. The number of cyclic esters (lactones) is 1. The maximum atomic E-state index is 12.1. The van der Waals surface area contributed by atoms with E-state index in [0.717, 1.165) is 50.5 Å². The van der Waals surface area contributed by atoms with Crippen molar-refractivity contribution in [3.63, 3.8) is 0 Å². The molecule has 0 spiro atoms. The minimum atomic E-state index is -0.817. The third kappa shape index (κ3) is 2.21. The number of hydrogen-bond acceptors (Lipinski definition) is 5. The van der Waals surface area contributed by atoms with E-state index in [1.54, 1.807) is 6.08 Å². The Kier molecular flexibility index (Phi) is 3.97. The van der Waals surface area contributed by atoms with Crippen molar-refractivity contribution >= 4 is 5.97 Å². The minimum absolute atomic E-state index is 0.176. The number of aliphatic hydroxyl groups is 3. The highest BCUT2D eigenvalue weighted by Gasteiger charge is 2.70. The van der Waals surface area contributed by atoms with Gasteiger partial charge in [-0.3, -0.25) is 0 Å². The molecule has 5 nitrogen and oxygen atoms in total. The van der Waals surface area contributed by atoms with Crippen LogP contribution in [0.15, 0.2) is 11.6 Å². The summed E-state index contributed by atoms with van der Waals surface area (Å²) >= 11 is 0. The van der Waals surface area contributed by atoms with Crippen molar-refractivity contribution in [2.45, 2.75) is 88.9 Å². The van der Waals surface area contributed by atoms with Crippen LogP contribution >= 0.6 is 0 Å². The Bertz CT molecular complexity index is 733. The fourth-order valence-electron chi connectivity index (χ4n) is 8.38. The lowest BCUT2D eigenvalue weighted by molar-refractivity contribution is -0.254. The molecule has 5 heteroatoms. The summed E-state index contributed by atoms with van der Waals surface area (Å²) in [6.07, 6.45) is 8.33. The molecule has 156 valence electrons. The molecule has 3 N–H and O–H groups in total. The Balaban J connectivity index is 1.49. The van der Waals surface area contributed by atoms with Gasteiger partial charge >= 0.3 is 5.97 Å². The van der Waals surface area contributed by atoms with Gasteiger partial charge in [-0.05, 0) is 80.1 Å². The minimum Gasteiger partial charge on any atom is -0.458 e. The van der Waals surface area contributed by atoms with E-state index in [1.165, 1.54) is 0 Å². The quantitative estimate of drug-likeness (QED) is 0.599. The van der Waals surface area contributed by atoms with Crippen molar-refractivity contribution in [2.24, 2.45) is 28.6 Å². The summed E-state index contributed by atoms with van der Waals surface area (Å²) in [6.45, 7) is 4.80. The number of hydrogen-bond donors (Lipinski definition) is 3. The molecule has 0 aromatic rings. The van der Waals surface area contributed by atoms with Gasteiger partial charge in [-0.1, -0.05) is 13.8 Å². The van der Waals surface area contributed by atoms with E-state index < -0.39 is 17.3 Å². The summed E-state index contributed by atoms with van der Waals surface area (Å²) in [7, 11) is 0. The van der Waals surface area contributed by atoms with E-state index in [4.69, 9.17) is 4.74 Å². The molecular formula is C23H34O5. The molecule has 4 aliphatic carbocycles. The molecule has 5 aliphatic rings. The van der Waals surface area contributed by atoms with Gasteiger partial charge in [-0.2, -0.15) is 0 Å². The number of carbonyl (C=O) groups excluding carboxylic acids is 1. The Morgan fingerprint density at radius 2 is 1.68 bits per heavy atom. The highest BCUT2D eigenvalue weighted by Crippen LogP contribution is 2.70. The first kappa shape index (κ1) is 19.1. The highest BCUT2D eigenvalue weighted by molar-refractivity contribution is 5.85. The van der Waals surface area contributed by atoms with E-state index in [9.17, 15) is 20.1 Å². The normalized spacial score (nSPS) is 55.8. The molecule has 0 unspecified atom stereocenters. The van der Waals surface area contributed by atoms with Crippen molar-refractivity contribution in [3.05, 3.63) is 11.6 Å². The standard InChI is InChI=1S/C23H34O5/c1-20-7-3-15(24)12-22(20,26)9-5-18-17(20)4-8-21(2)16(6-10-23(18,21)27)14-11-19(25)28-13-14/h11,15-18,24,26-27H,3-10,12-13H2,1-2H3/t15-,16+,17+,18+,20+,21+,22-,23-/m0/s1. The lowest BCUT2D eigenvalue weighted by atomic mass is 9.42. The molecule has 28 heavy (non-hydrogen) atoms. The first-order valence-corrected chi connectivity index (χ1v) is 11.1. The SMILES string of the molecule is C[C@]12CC[C@H](O)C[C@@]1(O)CC[C@@H]1[C@H]2CC[C@]2(C)[C@@H](C3=CC(=O)OC3)CC[C@]12O. The van der Waals surface area contributed by atoms with E-state index in [1.807, 2.05) is 0 Å². The zero-order valence-electron chi connectivity index (χ0n) is 17.1. The van der Waals surface area contributed by atoms with Crippen molar-refractivity contribution < 1.29 is 24.9 Å². The van der Waals surface area contributed by atoms with Crippen LogP contribution in [0.1, 0.15) is 71.6 Å². The summed E-state index contributed by atoms with van der Waals surface area (Å²) < 4.78 is 5.18. The van der Waals surface area contributed by atoms with Crippen LogP contribution in [-0.4, -0.2) is 45.2 Å². The number of ether oxygens (including phenoxy) is 1. The van der Waals surface area contributed by atoms with Crippen LogP contribution in [0.2, 0.25) is 0 Å². The molecule has 0 bridgehead atoms. The summed E-state index contributed by atoms with van der Waals surface area (Å²) in [5, 5.41) is 33.8. The van der Waals surface area contributed by atoms with Gasteiger partial charge in [-0.15, -0.1) is 0 Å². The van der Waals surface area contributed by atoms with E-state index in [0.29, 0.717) is 19.4 Å². The molecule has 4 fully saturated rings. The number of aliphatic hydroxyl groups excluding tert-OH is 1. The number of esters is 1. The molecule has 1 heterocycles. The Morgan fingerprint density at radius 1 is 0.964 bits per heavy atom. The molecule has 0 aromatic heterocycles. The van der Waals surface area contributed by atoms with Crippen LogP contribution in [0.4, 0.5) is 0 Å². The summed E-state index contributed by atoms with van der Waals surface area (Å²) in [6, 6.07) is 0. The lowest BCUT2D eigenvalue weighted by Gasteiger charge is -2.66. The molecule has 0 aromatic carbocycles. The molecule has 5 rings (SSSR count). The van der Waals surface area contributed by atoms with Crippen LogP contribution < -0.4 is 0 Å². The van der Waals surface area contributed by atoms with E-state index >= 15 is 0 Å². The van der Waals surface area contributed by atoms with Gasteiger partial charge in [0.15, 0.2) is 0 Å². The zero-order chi connectivity index (χ0) is 19.9. The monoisotopic (exact) mass is 390 g/mol. The van der Waals surface area contributed by atoms with Crippen molar-refractivity contribution in [2.75, 3.05) is 6.61 Å². The Morgan fingerprint density at radius 3 is 2.39 bits per heavy atom. The average molecular weight is 391 g/mol. The van der Waals surface area contributed by atoms with Crippen LogP contribution in [0, 0.1) is 28.6 Å². The Hall–Kier alpha value is -0.910. The topological polar surface area (TPSA) is 87.0 Å². The van der Waals surface area contributed by atoms with Gasteiger partial charge < -0.3 is 20.1 Å². The molecular weight excluding hydrogens is 356 g/mol. The van der Waals surface area contributed by atoms with Crippen molar-refractivity contribution in [1.29, 1.82) is 0 Å². The Labute approximate surface area is 167 Å². The predicted molar refractivity (Wildman–Crippen MR) is 103 cm³/mol. The smallest absolute Gasteiger partial charge is 0.331 e. The van der Waals surface area contributed by atoms with Gasteiger partial charge in [0.05, 0.1) is 17.3 Å². The zero-order valence-corrected chi connectivity index (χ0v) is 17.1. The second-order valence-electron chi connectivity index (χ2n) is 10.9. The third-order valence-corrected chi connectivity index (χ3v) is 10.1. The van der Waals surface area contributed by atoms with E-state index in [2.05, 4.69) is 13.8 Å². The van der Waals surface area contributed by atoms with Crippen LogP contribution in [-0.2, 0) is 9.53 Å². The molecule has 8 atom stereocenters. The first-order chi connectivity index (χ1) is 13.1. The van der Waals surface area contributed by atoms with Crippen LogP contribution in [0.5, 0.6) is 0 Å². The fraction of sp³-hybridized carbons (Fsp3) is 0.870. The van der Waals surface area contributed by atoms with Gasteiger partial charge in [-0.25, -0.2) is 4.79 Å². The molecule has 0 amide bonds. The van der Waals surface area contributed by atoms with Crippen molar-refractivity contribution in [1.82, 2.24) is 0 Å². The van der Waals surface area contributed by atoms with Gasteiger partial charge in [0.1, 0.15) is 6.61 Å². The van der Waals surface area contributed by atoms with Gasteiger partial charge in [0.2, 0.25) is 0 Å². The second kappa shape index (κ2) is 5.83. The lowest BCUT2D eigenvalue weighted by Crippen LogP contribution is -2.67. The fourth-order valence-corrected chi connectivity index (χ4v) is 8.38. The predicted octanol–water partition coefficient (Wildman–Crippen LogP) is 2.72. The summed E-state index contributed by atoms with van der Waals surface area (Å²) in [5.41, 5.74) is -0.999. The van der Waals surface area contributed by atoms with E-state index in [-0.39, 0.29) is 34.6 Å². The van der Waals surface area contributed by atoms with Crippen molar-refractivity contribution in [3.8, 4) is 0 Å². The highest BCUT2D eigenvalue weighted by atomic mass is 16.5. The second-order valence-corrected chi connectivity index (χ2v) is 10.9. The molecule has 1 aliphatic heterocycles. The van der Waals surface area contributed by atoms with Gasteiger partial charge in [0.25, 0.3) is 0 Å². The maximum Gasteiger partial charge on any atom is 0.331 e. The largest absolute Gasteiger partial charge is 0.458 e. The summed E-state index contributed by atoms with van der Waals surface area (Å²) in [4.78, 5) is 11.6. The average Bonchev–Trinajstić information content (AvgIpc) is 3.17. The van der Waals surface area contributed by atoms with Crippen LogP contribution in [0.25, 0.3) is 0 Å². The maximum absolute atomic E-state index is 12.1.